The van der Waals surface area contributed by atoms with Gasteiger partial charge in [-0.2, -0.15) is 5.10 Å². The predicted molar refractivity (Wildman–Crippen MR) is 77.2 cm³/mol. The second-order valence-electron chi connectivity index (χ2n) is 6.65. The summed E-state index contributed by atoms with van der Waals surface area (Å²) in [6.45, 7) is 9.34. The third-order valence-electron chi connectivity index (χ3n) is 4.82. The summed E-state index contributed by atoms with van der Waals surface area (Å²) in [6, 6.07) is 0. The Hall–Kier alpha value is -1.44. The van der Waals surface area contributed by atoms with E-state index in [1.165, 1.54) is 0 Å². The van der Waals surface area contributed by atoms with Gasteiger partial charge in [0, 0.05) is 17.2 Å². The lowest BCUT2D eigenvalue weighted by Crippen LogP contribution is -2.41. The zero-order valence-corrected chi connectivity index (χ0v) is 12.7. The minimum Gasteiger partial charge on any atom is -0.399 e. The number of ether oxygens (including phenoxy) is 1. The smallest absolute Gasteiger partial charge is 0.399 e. The van der Waals surface area contributed by atoms with Crippen molar-refractivity contribution >= 4 is 18.2 Å². The van der Waals surface area contributed by atoms with Crippen LogP contribution < -0.4 is 5.46 Å². The van der Waals surface area contributed by atoms with Crippen LogP contribution in [0, 0.1) is 0 Å². The van der Waals surface area contributed by atoms with E-state index >= 15 is 0 Å². The van der Waals surface area contributed by atoms with Crippen molar-refractivity contribution in [3.05, 3.63) is 23.7 Å². The molecule has 0 amide bonds. The molecule has 2 aromatic heterocycles. The van der Waals surface area contributed by atoms with Crippen LogP contribution in [-0.4, -0.2) is 32.9 Å². The molecule has 0 atom stereocenters. The van der Waals surface area contributed by atoms with Gasteiger partial charge in [-0.25, -0.2) is 9.50 Å². The molecule has 0 unspecified atom stereocenters. The third-order valence-corrected chi connectivity index (χ3v) is 4.82. The Kier molecular flexibility index (Phi) is 2.56. The molecule has 2 aliphatic heterocycles. The highest BCUT2D eigenvalue weighted by atomic mass is 16.7. The van der Waals surface area contributed by atoms with Crippen LogP contribution in [0.3, 0.4) is 0 Å². The monoisotopic (exact) mass is 287 g/mol. The summed E-state index contributed by atoms with van der Waals surface area (Å²) in [6.07, 6.45) is 3.50. The molecule has 1 fully saturated rings. The van der Waals surface area contributed by atoms with Gasteiger partial charge in [-0.3, -0.25) is 0 Å². The van der Waals surface area contributed by atoms with Crippen molar-refractivity contribution in [2.75, 3.05) is 0 Å². The average molecular weight is 287 g/mol. The van der Waals surface area contributed by atoms with Gasteiger partial charge in [0.15, 0.2) is 5.65 Å². The minimum atomic E-state index is -0.404. The molecule has 2 aromatic rings. The molecule has 0 aromatic carbocycles. The largest absolute Gasteiger partial charge is 0.496 e. The molecule has 0 saturated carbocycles. The van der Waals surface area contributed by atoms with E-state index in [1.807, 2.05) is 6.20 Å². The quantitative estimate of drug-likeness (QED) is 0.734. The van der Waals surface area contributed by atoms with Gasteiger partial charge in [0.25, 0.3) is 0 Å². The molecule has 2 aliphatic rings. The number of aromatic nitrogens is 3. The molecule has 21 heavy (non-hydrogen) atoms. The van der Waals surface area contributed by atoms with Gasteiger partial charge >= 0.3 is 7.12 Å². The van der Waals surface area contributed by atoms with Crippen molar-refractivity contribution in [1.29, 1.82) is 0 Å². The first-order valence-corrected chi connectivity index (χ1v) is 7.16. The van der Waals surface area contributed by atoms with E-state index in [1.54, 1.807) is 10.8 Å². The zero-order chi connectivity index (χ0) is 14.8. The van der Waals surface area contributed by atoms with Crippen LogP contribution in [0.4, 0.5) is 0 Å². The normalized spacial score (nSPS) is 23.0. The summed E-state index contributed by atoms with van der Waals surface area (Å²) in [5.74, 6) is 0. The van der Waals surface area contributed by atoms with Crippen molar-refractivity contribution < 1.29 is 14.0 Å². The topological polar surface area (TPSA) is 57.9 Å². The molecule has 7 heteroatoms. The highest BCUT2D eigenvalue weighted by molar-refractivity contribution is 6.62. The molecule has 0 bridgehead atoms. The Balaban J connectivity index is 1.85. The van der Waals surface area contributed by atoms with Crippen LogP contribution in [0.15, 0.2) is 12.5 Å². The zero-order valence-electron chi connectivity index (χ0n) is 12.7. The van der Waals surface area contributed by atoms with E-state index < -0.39 is 7.12 Å². The first-order chi connectivity index (χ1) is 9.89. The van der Waals surface area contributed by atoms with Gasteiger partial charge in [0.05, 0.1) is 24.4 Å². The maximum atomic E-state index is 6.16. The molecule has 0 spiro atoms. The first kappa shape index (κ1) is 13.2. The highest BCUT2D eigenvalue weighted by Crippen LogP contribution is 2.37. The molecule has 110 valence electrons. The van der Waals surface area contributed by atoms with E-state index in [4.69, 9.17) is 14.0 Å². The van der Waals surface area contributed by atoms with Crippen LogP contribution in [0.25, 0.3) is 5.65 Å². The Morgan fingerprint density at radius 2 is 1.76 bits per heavy atom. The summed E-state index contributed by atoms with van der Waals surface area (Å²) < 4.78 is 19.7. The molecule has 4 rings (SSSR count). The van der Waals surface area contributed by atoms with E-state index in [9.17, 15) is 0 Å². The number of rotatable bonds is 1. The Labute approximate surface area is 123 Å². The van der Waals surface area contributed by atoms with Crippen LogP contribution >= 0.6 is 0 Å². The summed E-state index contributed by atoms with van der Waals surface area (Å²) >= 11 is 0. The summed E-state index contributed by atoms with van der Waals surface area (Å²) in [5, 5.41) is 4.24. The lowest BCUT2D eigenvalue weighted by molar-refractivity contribution is 0.00578. The molecule has 0 radical (unpaired) electrons. The molecular weight excluding hydrogens is 269 g/mol. The van der Waals surface area contributed by atoms with Crippen molar-refractivity contribution in [3.8, 4) is 0 Å². The molecule has 6 nitrogen and oxygen atoms in total. The molecule has 1 saturated heterocycles. The fourth-order valence-electron chi connectivity index (χ4n) is 2.83. The lowest BCUT2D eigenvalue weighted by Gasteiger charge is -2.32. The standard InChI is InChI=1S/C14H18BN3O3/c1-13(2)14(3,4)21-15(20-13)11-5-18-12(16-8-17-18)10-7-19-6-9(10)11/h5,8H,6-7H2,1-4H3. The number of hydrogen-bond donors (Lipinski definition) is 0. The Morgan fingerprint density at radius 1 is 1.10 bits per heavy atom. The second kappa shape index (κ2) is 4.06. The van der Waals surface area contributed by atoms with E-state index in [2.05, 4.69) is 37.8 Å². The van der Waals surface area contributed by atoms with E-state index in [0.29, 0.717) is 13.2 Å². The van der Waals surface area contributed by atoms with Crippen molar-refractivity contribution in [2.24, 2.45) is 0 Å². The predicted octanol–water partition coefficient (Wildman–Crippen LogP) is 1.06. The Morgan fingerprint density at radius 3 is 2.48 bits per heavy atom. The fourth-order valence-corrected chi connectivity index (χ4v) is 2.83. The number of pyridine rings is 1. The van der Waals surface area contributed by atoms with Crippen LogP contribution in [0.1, 0.15) is 38.8 Å². The maximum absolute atomic E-state index is 6.16. The molecule has 0 aliphatic carbocycles. The van der Waals surface area contributed by atoms with Crippen LogP contribution in [0.2, 0.25) is 0 Å². The summed E-state index contributed by atoms with van der Waals surface area (Å²) in [4.78, 5) is 4.31. The highest BCUT2D eigenvalue weighted by Gasteiger charge is 2.52. The van der Waals surface area contributed by atoms with Gasteiger partial charge in [-0.05, 0) is 33.3 Å². The van der Waals surface area contributed by atoms with Gasteiger partial charge in [0.2, 0.25) is 0 Å². The lowest BCUT2D eigenvalue weighted by atomic mass is 9.76. The summed E-state index contributed by atoms with van der Waals surface area (Å²) in [7, 11) is -0.404. The Bertz CT molecular complexity index is 710. The van der Waals surface area contributed by atoms with Gasteiger partial charge in [0.1, 0.15) is 6.33 Å². The third kappa shape index (κ3) is 1.78. The van der Waals surface area contributed by atoms with Crippen molar-refractivity contribution in [2.45, 2.75) is 52.1 Å². The van der Waals surface area contributed by atoms with Gasteiger partial charge < -0.3 is 14.0 Å². The molecular formula is C14H18BN3O3. The van der Waals surface area contributed by atoms with Gasteiger partial charge in [-0.15, -0.1) is 0 Å². The van der Waals surface area contributed by atoms with Crippen molar-refractivity contribution in [3.63, 3.8) is 0 Å². The molecule has 4 heterocycles. The fraction of sp³-hybridized carbons (Fsp3) is 0.571. The van der Waals surface area contributed by atoms with E-state index in [-0.39, 0.29) is 11.2 Å². The van der Waals surface area contributed by atoms with Crippen molar-refractivity contribution in [1.82, 2.24) is 14.6 Å². The first-order valence-electron chi connectivity index (χ1n) is 7.16. The number of fused-ring (bicyclic) bond motifs is 3. The van der Waals surface area contributed by atoms with Crippen LogP contribution in [-0.2, 0) is 27.3 Å². The average Bonchev–Trinajstić information content (AvgIpc) is 3.07. The summed E-state index contributed by atoms with van der Waals surface area (Å²) in [5.41, 5.74) is 3.32. The van der Waals surface area contributed by atoms with Crippen LogP contribution in [0.5, 0.6) is 0 Å². The van der Waals surface area contributed by atoms with E-state index in [0.717, 1.165) is 22.2 Å². The SMILES string of the molecule is CC1(C)OB(c2cn3ncnc3c3c2COC3)OC1(C)C. The number of nitrogens with zero attached hydrogens (tertiary/aromatic N) is 3. The second-order valence-corrected chi connectivity index (χ2v) is 6.65. The van der Waals surface area contributed by atoms with Gasteiger partial charge in [-0.1, -0.05) is 0 Å². The minimum absolute atomic E-state index is 0.360. The maximum Gasteiger partial charge on any atom is 0.496 e. The molecule has 0 N–H and O–H groups in total. The number of hydrogen-bond acceptors (Lipinski definition) is 5.